The number of aliphatic hydroxyl groups is 1. The maximum absolute atomic E-state index is 13.9. The van der Waals surface area contributed by atoms with Crippen LogP contribution in [0.3, 0.4) is 0 Å². The van der Waals surface area contributed by atoms with Crippen LogP contribution in [0.4, 0.5) is 4.39 Å². The number of rotatable bonds is 11. The van der Waals surface area contributed by atoms with Gasteiger partial charge in [0.05, 0.1) is 22.9 Å². The highest BCUT2D eigenvalue weighted by Gasteiger charge is 2.45. The van der Waals surface area contributed by atoms with Crippen molar-refractivity contribution in [2.45, 2.75) is 75.6 Å². The Bertz CT molecular complexity index is 1590. The molecule has 3 aliphatic rings. The first-order valence-electron chi connectivity index (χ1n) is 14.1. The summed E-state index contributed by atoms with van der Waals surface area (Å²) < 4.78 is 31.8. The summed E-state index contributed by atoms with van der Waals surface area (Å²) in [6, 6.07) is 10.9. The van der Waals surface area contributed by atoms with Crippen LogP contribution in [-0.2, 0) is 15.8 Å². The van der Waals surface area contributed by atoms with Gasteiger partial charge in [-0.1, -0.05) is 11.6 Å². The van der Waals surface area contributed by atoms with Crippen molar-refractivity contribution in [1.82, 2.24) is 4.98 Å². The van der Waals surface area contributed by atoms with E-state index in [1.54, 1.807) is 38.1 Å². The Morgan fingerprint density at radius 3 is 2.45 bits per heavy atom. The monoisotopic (exact) mass is 594 g/mol. The predicted octanol–water partition coefficient (Wildman–Crippen LogP) is 5.63. The van der Waals surface area contributed by atoms with Crippen LogP contribution in [-0.4, -0.2) is 40.6 Å². The van der Waals surface area contributed by atoms with Crippen molar-refractivity contribution < 1.29 is 33.3 Å². The quantitative estimate of drug-likeness (QED) is 0.276. The lowest BCUT2D eigenvalue weighted by Crippen LogP contribution is -2.40. The number of pyridine rings is 1. The topological polar surface area (TPSA) is 121 Å². The smallest absolute Gasteiger partial charge is 0.231 e. The van der Waals surface area contributed by atoms with E-state index in [0.29, 0.717) is 33.9 Å². The molecule has 2 saturated carbocycles. The standard InChI is InChI=1S/C32H32ClFN2O6/c1-31(30(35)38)16-40-29-21(31)15-27(36-28(29)18-3-9-23(34)22(33)13-18)32(2,39)12-11-24(37)17-4-10-25(41-19-5-6-19)26(14-17)42-20-7-8-20/h3-4,9-10,13-15,19-20,39H,5-8,11-12,16H2,1-2H3,(H2,35,38)/t31-,32-/m0/s1. The molecule has 2 aliphatic carbocycles. The molecule has 0 saturated heterocycles. The maximum Gasteiger partial charge on any atom is 0.231 e. The molecular weight excluding hydrogens is 563 g/mol. The van der Waals surface area contributed by atoms with Gasteiger partial charge in [-0.05, 0) is 88.4 Å². The van der Waals surface area contributed by atoms with Gasteiger partial charge in [-0.3, -0.25) is 9.59 Å². The number of carbonyl (C=O) groups excluding carboxylic acids is 2. The van der Waals surface area contributed by atoms with Gasteiger partial charge in [0.2, 0.25) is 5.91 Å². The number of Topliss-reactive ketones (excluding diaryl/α,β-unsaturated/α-hetero) is 1. The van der Waals surface area contributed by atoms with Crippen molar-refractivity contribution in [3.05, 3.63) is 70.1 Å². The number of aromatic nitrogens is 1. The molecule has 0 spiro atoms. The Kier molecular flexibility index (Phi) is 7.14. The molecule has 2 heterocycles. The lowest BCUT2D eigenvalue weighted by Gasteiger charge is -2.26. The summed E-state index contributed by atoms with van der Waals surface area (Å²) in [5, 5.41) is 11.5. The van der Waals surface area contributed by atoms with Crippen molar-refractivity contribution in [2.24, 2.45) is 5.73 Å². The first-order valence-corrected chi connectivity index (χ1v) is 14.5. The summed E-state index contributed by atoms with van der Waals surface area (Å²) in [6.07, 6.45) is 4.36. The highest BCUT2D eigenvalue weighted by atomic mass is 35.5. The van der Waals surface area contributed by atoms with Crippen LogP contribution in [0.5, 0.6) is 17.2 Å². The van der Waals surface area contributed by atoms with E-state index in [1.807, 2.05) is 0 Å². The average molecular weight is 595 g/mol. The van der Waals surface area contributed by atoms with Gasteiger partial charge in [0.25, 0.3) is 0 Å². The largest absolute Gasteiger partial charge is 0.489 e. The summed E-state index contributed by atoms with van der Waals surface area (Å²) >= 11 is 6.05. The average Bonchev–Trinajstić information content (AvgIpc) is 3.90. The summed E-state index contributed by atoms with van der Waals surface area (Å²) in [4.78, 5) is 30.5. The van der Waals surface area contributed by atoms with Crippen LogP contribution >= 0.6 is 11.6 Å². The molecule has 2 fully saturated rings. The second kappa shape index (κ2) is 10.5. The Balaban J connectivity index is 1.28. The molecule has 2 atom stereocenters. The molecule has 0 radical (unpaired) electrons. The number of fused-ring (bicyclic) bond motifs is 1. The molecule has 6 rings (SSSR count). The van der Waals surface area contributed by atoms with Crippen molar-refractivity contribution in [3.63, 3.8) is 0 Å². The fourth-order valence-corrected chi connectivity index (χ4v) is 5.11. The third-order valence-electron chi connectivity index (χ3n) is 8.10. The third-order valence-corrected chi connectivity index (χ3v) is 8.39. The molecule has 42 heavy (non-hydrogen) atoms. The maximum atomic E-state index is 13.9. The van der Waals surface area contributed by atoms with E-state index in [-0.39, 0.29) is 53.9 Å². The van der Waals surface area contributed by atoms with Gasteiger partial charge in [-0.2, -0.15) is 0 Å². The number of primary amides is 1. The Hall–Kier alpha value is -3.69. The molecule has 8 nitrogen and oxygen atoms in total. The zero-order chi connectivity index (χ0) is 29.8. The fraction of sp³-hybridized carbons (Fsp3) is 0.406. The molecule has 10 heteroatoms. The van der Waals surface area contributed by atoms with Crippen molar-refractivity contribution in [2.75, 3.05) is 6.61 Å². The molecule has 0 bridgehead atoms. The number of ether oxygens (including phenoxy) is 3. The van der Waals surface area contributed by atoms with Gasteiger partial charge < -0.3 is 25.1 Å². The summed E-state index contributed by atoms with van der Waals surface area (Å²) in [6.45, 7) is 3.20. The normalized spacial score (nSPS) is 20.8. The minimum Gasteiger partial charge on any atom is -0.489 e. The zero-order valence-electron chi connectivity index (χ0n) is 23.4. The van der Waals surface area contributed by atoms with Gasteiger partial charge in [-0.15, -0.1) is 0 Å². The third kappa shape index (κ3) is 5.55. The van der Waals surface area contributed by atoms with Gasteiger partial charge >= 0.3 is 0 Å². The summed E-state index contributed by atoms with van der Waals surface area (Å²) in [7, 11) is 0. The number of hydrogen-bond donors (Lipinski definition) is 2. The number of amides is 1. The van der Waals surface area contributed by atoms with E-state index in [4.69, 9.17) is 31.5 Å². The molecular formula is C32H32ClFN2O6. The first kappa shape index (κ1) is 28.4. The second-order valence-electron chi connectivity index (χ2n) is 11.8. The van der Waals surface area contributed by atoms with E-state index >= 15 is 0 Å². The zero-order valence-corrected chi connectivity index (χ0v) is 24.2. The van der Waals surface area contributed by atoms with Crippen molar-refractivity contribution in [3.8, 4) is 28.5 Å². The van der Waals surface area contributed by atoms with Gasteiger partial charge in [0, 0.05) is 23.1 Å². The van der Waals surface area contributed by atoms with Crippen LogP contribution < -0.4 is 19.9 Å². The molecule has 3 N–H and O–H groups in total. The van der Waals surface area contributed by atoms with Gasteiger partial charge in [0.15, 0.2) is 17.3 Å². The highest BCUT2D eigenvalue weighted by Crippen LogP contribution is 2.46. The Morgan fingerprint density at radius 2 is 1.81 bits per heavy atom. The van der Waals surface area contributed by atoms with Crippen LogP contribution in [0.1, 0.15) is 74.0 Å². The number of benzene rings is 2. The number of halogens is 2. The number of nitrogens with two attached hydrogens (primary N) is 1. The number of carbonyl (C=O) groups is 2. The lowest BCUT2D eigenvalue weighted by molar-refractivity contribution is -0.123. The summed E-state index contributed by atoms with van der Waals surface area (Å²) in [5.74, 6) is 0.144. The van der Waals surface area contributed by atoms with Crippen LogP contribution in [0.2, 0.25) is 5.02 Å². The summed E-state index contributed by atoms with van der Waals surface area (Å²) in [5.41, 5.74) is 4.85. The molecule has 1 aromatic heterocycles. The molecule has 1 aliphatic heterocycles. The Morgan fingerprint density at radius 1 is 1.12 bits per heavy atom. The highest BCUT2D eigenvalue weighted by molar-refractivity contribution is 6.31. The first-order chi connectivity index (χ1) is 19.9. The van der Waals surface area contributed by atoms with Crippen LogP contribution in [0.15, 0.2) is 42.5 Å². The van der Waals surface area contributed by atoms with Gasteiger partial charge in [-0.25, -0.2) is 9.37 Å². The minimum atomic E-state index is -1.58. The number of hydrogen-bond acceptors (Lipinski definition) is 7. The fourth-order valence-electron chi connectivity index (χ4n) is 4.93. The molecule has 1 amide bonds. The number of ketones is 1. The Labute approximate surface area is 247 Å². The number of nitrogens with zero attached hydrogens (tertiary/aromatic N) is 1. The van der Waals surface area contributed by atoms with E-state index in [2.05, 4.69) is 4.98 Å². The second-order valence-corrected chi connectivity index (χ2v) is 12.2. The molecule has 3 aromatic rings. The predicted molar refractivity (Wildman–Crippen MR) is 154 cm³/mol. The van der Waals surface area contributed by atoms with Crippen LogP contribution in [0, 0.1) is 5.82 Å². The molecule has 0 unspecified atom stereocenters. The van der Waals surface area contributed by atoms with Gasteiger partial charge in [0.1, 0.15) is 34.9 Å². The van der Waals surface area contributed by atoms with E-state index in [1.165, 1.54) is 18.2 Å². The van der Waals surface area contributed by atoms with E-state index in [9.17, 15) is 19.1 Å². The van der Waals surface area contributed by atoms with Crippen LogP contribution in [0.25, 0.3) is 11.3 Å². The van der Waals surface area contributed by atoms with Crippen molar-refractivity contribution in [1.29, 1.82) is 0 Å². The minimum absolute atomic E-state index is 0.0127. The lowest BCUT2D eigenvalue weighted by atomic mass is 9.81. The molecule has 2 aromatic carbocycles. The SMILES string of the molecule is C[C@](O)(CCC(=O)c1ccc(OC2CC2)c(OC2CC2)c1)c1cc2c(c(-c3ccc(F)c(Cl)c3)n1)OC[C@]2(C)C(N)=O. The van der Waals surface area contributed by atoms with E-state index in [0.717, 1.165) is 25.7 Å². The van der Waals surface area contributed by atoms with Crippen molar-refractivity contribution >= 4 is 23.3 Å². The van der Waals surface area contributed by atoms with E-state index < -0.39 is 22.7 Å². The molecule has 220 valence electrons.